The minimum atomic E-state index is -1.24. The van der Waals surface area contributed by atoms with Crippen LogP contribution in [0.3, 0.4) is 0 Å². The molecule has 10 heteroatoms. The fourth-order valence-corrected chi connectivity index (χ4v) is 2.26. The molecule has 0 unspecified atom stereocenters. The lowest BCUT2D eigenvalue weighted by molar-refractivity contribution is -0.135. The van der Waals surface area contributed by atoms with Crippen LogP contribution in [0.2, 0.25) is 0 Å². The number of esters is 6. The third-order valence-electron chi connectivity index (χ3n) is 3.46. The van der Waals surface area contributed by atoms with Gasteiger partial charge in [-0.05, 0) is 24.3 Å². The summed E-state index contributed by atoms with van der Waals surface area (Å²) < 4.78 is 18.8. The van der Waals surface area contributed by atoms with E-state index in [1.807, 2.05) is 0 Å². The van der Waals surface area contributed by atoms with Gasteiger partial charge in [-0.25, -0.2) is 19.2 Å². The van der Waals surface area contributed by atoms with Gasteiger partial charge < -0.3 is 18.9 Å². The van der Waals surface area contributed by atoms with Crippen LogP contribution >= 0.6 is 0 Å². The second kappa shape index (κ2) is 11.0. The largest absolute Gasteiger partial charge is 0.426 e. The number of carbonyl (C=O) groups is 6. The van der Waals surface area contributed by atoms with Crippen LogP contribution in [0.4, 0.5) is 0 Å². The van der Waals surface area contributed by atoms with Crippen molar-refractivity contribution in [3.05, 3.63) is 71.8 Å². The number of rotatable bonds is 6. The van der Waals surface area contributed by atoms with Gasteiger partial charge in [0.15, 0.2) is 0 Å². The van der Waals surface area contributed by atoms with Crippen LogP contribution in [0.1, 0.15) is 34.6 Å². The van der Waals surface area contributed by atoms with Gasteiger partial charge in [-0.3, -0.25) is 9.59 Å². The molecule has 0 fully saturated rings. The first-order valence-corrected chi connectivity index (χ1v) is 8.92. The van der Waals surface area contributed by atoms with Crippen molar-refractivity contribution < 1.29 is 47.7 Å². The van der Waals surface area contributed by atoms with Gasteiger partial charge in [0.2, 0.25) is 0 Å². The van der Waals surface area contributed by atoms with Crippen molar-refractivity contribution >= 4 is 35.8 Å². The van der Waals surface area contributed by atoms with Crippen molar-refractivity contribution in [2.24, 2.45) is 0 Å². The van der Waals surface area contributed by atoms with E-state index in [0.29, 0.717) is 12.2 Å². The minimum Gasteiger partial charge on any atom is -0.426 e. The standard InChI is InChI=1S/C22H16O10/c1-13(23)29-17-9-5-3-7-15(17)21(27)31-19(25)11-12-20(26)32-22(28)16-8-4-6-10-18(16)30-14(2)24/h3-12H,1-2H3. The van der Waals surface area contributed by atoms with Gasteiger partial charge >= 0.3 is 35.8 Å². The Balaban J connectivity index is 1.99. The van der Waals surface area contributed by atoms with E-state index in [1.54, 1.807) is 0 Å². The van der Waals surface area contributed by atoms with Gasteiger partial charge in [-0.15, -0.1) is 0 Å². The van der Waals surface area contributed by atoms with Gasteiger partial charge in [0.05, 0.1) is 0 Å². The van der Waals surface area contributed by atoms with Crippen molar-refractivity contribution in [3.8, 4) is 11.5 Å². The fraction of sp³-hybridized carbons (Fsp3) is 0.0909. The summed E-state index contributed by atoms with van der Waals surface area (Å²) in [4.78, 5) is 70.0. The Labute approximate surface area is 181 Å². The predicted octanol–water partition coefficient (Wildman–Crippen LogP) is 2.16. The highest BCUT2D eigenvalue weighted by molar-refractivity contribution is 6.05. The summed E-state index contributed by atoms with van der Waals surface area (Å²) >= 11 is 0. The van der Waals surface area contributed by atoms with Crippen LogP contribution in [0.5, 0.6) is 11.5 Å². The van der Waals surface area contributed by atoms with Crippen LogP contribution in [0, 0.1) is 0 Å². The summed E-state index contributed by atoms with van der Waals surface area (Å²) in [5, 5.41) is 0. The lowest BCUT2D eigenvalue weighted by atomic mass is 10.2. The topological polar surface area (TPSA) is 139 Å². The monoisotopic (exact) mass is 440 g/mol. The van der Waals surface area contributed by atoms with E-state index in [1.165, 1.54) is 48.5 Å². The molecule has 0 saturated heterocycles. The summed E-state index contributed by atoms with van der Waals surface area (Å²) in [5.41, 5.74) is -0.381. The van der Waals surface area contributed by atoms with Crippen LogP contribution in [0.15, 0.2) is 60.7 Å². The second-order valence-corrected chi connectivity index (χ2v) is 5.93. The average Bonchev–Trinajstić information content (AvgIpc) is 2.72. The zero-order chi connectivity index (χ0) is 23.7. The van der Waals surface area contributed by atoms with E-state index < -0.39 is 35.8 Å². The number of hydrogen-bond acceptors (Lipinski definition) is 10. The first kappa shape index (κ1) is 23.7. The maximum absolute atomic E-state index is 12.1. The fourth-order valence-electron chi connectivity index (χ4n) is 2.26. The molecule has 0 saturated carbocycles. The molecule has 2 aromatic rings. The number of ether oxygens (including phenoxy) is 4. The smallest absolute Gasteiger partial charge is 0.349 e. The lowest BCUT2D eigenvalue weighted by Crippen LogP contribution is -2.15. The number of para-hydroxylation sites is 2. The lowest BCUT2D eigenvalue weighted by Gasteiger charge is -2.07. The molecule has 2 rings (SSSR count). The van der Waals surface area contributed by atoms with Gasteiger partial charge in [-0.2, -0.15) is 0 Å². The number of carbonyl (C=O) groups excluding carboxylic acids is 6. The normalized spacial score (nSPS) is 10.2. The molecule has 0 amide bonds. The molecule has 0 aliphatic rings. The summed E-state index contributed by atoms with van der Waals surface area (Å²) in [6.07, 6.45) is 1.14. The molecular weight excluding hydrogens is 424 g/mol. The second-order valence-electron chi connectivity index (χ2n) is 5.93. The van der Waals surface area contributed by atoms with E-state index in [9.17, 15) is 28.8 Å². The summed E-state index contributed by atoms with van der Waals surface area (Å²) in [6, 6.07) is 11.1. The molecule has 32 heavy (non-hydrogen) atoms. The van der Waals surface area contributed by atoms with E-state index >= 15 is 0 Å². The Morgan fingerprint density at radius 3 is 1.28 bits per heavy atom. The van der Waals surface area contributed by atoms with Gasteiger partial charge in [0, 0.05) is 26.0 Å². The molecule has 0 radical (unpaired) electrons. The SMILES string of the molecule is CC(=O)Oc1ccccc1C(=O)OC(=O)C=CC(=O)OC(=O)c1ccccc1OC(C)=O. The van der Waals surface area contributed by atoms with Gasteiger partial charge in [0.25, 0.3) is 0 Å². The van der Waals surface area contributed by atoms with Crippen molar-refractivity contribution in [2.75, 3.05) is 0 Å². The van der Waals surface area contributed by atoms with Gasteiger partial charge in [-0.1, -0.05) is 24.3 Å². The van der Waals surface area contributed by atoms with Crippen LogP contribution in [-0.2, 0) is 28.7 Å². The van der Waals surface area contributed by atoms with Crippen LogP contribution in [-0.4, -0.2) is 35.8 Å². The number of benzene rings is 2. The first-order chi connectivity index (χ1) is 15.2. The summed E-state index contributed by atoms with van der Waals surface area (Å²) in [5.74, 6) is -6.32. The van der Waals surface area contributed by atoms with E-state index in [2.05, 4.69) is 9.47 Å². The predicted molar refractivity (Wildman–Crippen MR) is 105 cm³/mol. The maximum Gasteiger partial charge on any atom is 0.349 e. The molecule has 0 aliphatic carbocycles. The first-order valence-electron chi connectivity index (χ1n) is 8.92. The molecular formula is C22H16O10. The van der Waals surface area contributed by atoms with Crippen molar-refractivity contribution in [1.82, 2.24) is 0 Å². The number of hydrogen-bond donors (Lipinski definition) is 0. The van der Waals surface area contributed by atoms with E-state index in [4.69, 9.17) is 9.47 Å². The van der Waals surface area contributed by atoms with E-state index in [0.717, 1.165) is 13.8 Å². The molecule has 164 valence electrons. The summed E-state index contributed by atoms with van der Waals surface area (Å²) in [7, 11) is 0. The molecule has 0 spiro atoms. The van der Waals surface area contributed by atoms with Gasteiger partial charge in [0.1, 0.15) is 22.6 Å². The Bertz CT molecular complexity index is 1030. The third-order valence-corrected chi connectivity index (χ3v) is 3.46. The Morgan fingerprint density at radius 2 is 0.938 bits per heavy atom. The highest BCUT2D eigenvalue weighted by Crippen LogP contribution is 2.20. The molecule has 0 heterocycles. The molecule has 0 atom stereocenters. The Hall–Kier alpha value is -4.60. The maximum atomic E-state index is 12.1. The van der Waals surface area contributed by atoms with Crippen molar-refractivity contribution in [1.29, 1.82) is 0 Å². The minimum absolute atomic E-state index is 0.113. The van der Waals surface area contributed by atoms with E-state index in [-0.39, 0.29) is 22.6 Å². The molecule has 2 aromatic carbocycles. The van der Waals surface area contributed by atoms with Crippen molar-refractivity contribution in [3.63, 3.8) is 0 Å². The zero-order valence-electron chi connectivity index (χ0n) is 16.9. The zero-order valence-corrected chi connectivity index (χ0v) is 16.9. The quantitative estimate of drug-likeness (QED) is 0.284. The van der Waals surface area contributed by atoms with Crippen LogP contribution in [0.25, 0.3) is 0 Å². The highest BCUT2D eigenvalue weighted by Gasteiger charge is 2.19. The highest BCUT2D eigenvalue weighted by atomic mass is 16.6. The molecule has 0 aliphatic heterocycles. The third kappa shape index (κ3) is 7.02. The molecule has 10 nitrogen and oxygen atoms in total. The average molecular weight is 440 g/mol. The van der Waals surface area contributed by atoms with Crippen molar-refractivity contribution in [2.45, 2.75) is 13.8 Å². The summed E-state index contributed by atoms with van der Waals surface area (Å²) in [6.45, 7) is 2.26. The van der Waals surface area contributed by atoms with Crippen LogP contribution < -0.4 is 9.47 Å². The molecule has 0 N–H and O–H groups in total. The Morgan fingerprint density at radius 1 is 0.594 bits per heavy atom. The molecule has 0 bridgehead atoms. The molecule has 0 aromatic heterocycles. The Kier molecular flexibility index (Phi) is 8.12.